The average Bonchev–Trinajstić information content (AvgIpc) is 2.80. The molecule has 0 aliphatic carbocycles. The summed E-state index contributed by atoms with van der Waals surface area (Å²) in [5, 5.41) is 0. The summed E-state index contributed by atoms with van der Waals surface area (Å²) in [7, 11) is 0. The van der Waals surface area contributed by atoms with Gasteiger partial charge in [0.1, 0.15) is 11.4 Å². The van der Waals surface area contributed by atoms with Gasteiger partial charge < -0.3 is 20.3 Å². The molecule has 0 aromatic heterocycles. The molecule has 8 nitrogen and oxygen atoms in total. The van der Waals surface area contributed by atoms with Gasteiger partial charge in [0.15, 0.2) is 0 Å². The third-order valence-electron chi connectivity index (χ3n) is 6.96. The highest BCUT2D eigenvalue weighted by Gasteiger charge is 2.40. The smallest absolute Gasteiger partial charge is 0.410 e. The van der Waals surface area contributed by atoms with Crippen LogP contribution in [0.3, 0.4) is 0 Å². The van der Waals surface area contributed by atoms with E-state index in [1.54, 1.807) is 32.9 Å². The van der Waals surface area contributed by atoms with Gasteiger partial charge in [-0.2, -0.15) is 0 Å². The molecule has 0 saturated carbocycles. The van der Waals surface area contributed by atoms with E-state index in [-0.39, 0.29) is 23.7 Å². The maximum Gasteiger partial charge on any atom is 0.410 e. The Hall–Kier alpha value is -3.62. The molecule has 9 heteroatoms. The van der Waals surface area contributed by atoms with Gasteiger partial charge in [-0.15, -0.1) is 0 Å². The molecule has 0 bridgehead atoms. The molecule has 4 rings (SSSR count). The molecule has 2 aromatic carbocycles. The van der Waals surface area contributed by atoms with Gasteiger partial charge >= 0.3 is 12.1 Å². The minimum absolute atomic E-state index is 0.104. The molecule has 2 saturated heterocycles. The summed E-state index contributed by atoms with van der Waals surface area (Å²) in [6, 6.07) is 10.9. The summed E-state index contributed by atoms with van der Waals surface area (Å²) in [6.45, 7) is 9.05. The Labute approximate surface area is 217 Å². The molecule has 2 fully saturated rings. The first kappa shape index (κ1) is 26.4. The third kappa shape index (κ3) is 6.03. The molecule has 37 heavy (non-hydrogen) atoms. The van der Waals surface area contributed by atoms with E-state index >= 15 is 0 Å². The van der Waals surface area contributed by atoms with Crippen molar-refractivity contribution >= 4 is 23.7 Å². The monoisotopic (exact) mass is 510 g/mol. The largest absolute Gasteiger partial charge is 0.444 e. The average molecular weight is 511 g/mol. The number of amides is 4. The molecule has 2 N–H and O–H groups in total. The van der Waals surface area contributed by atoms with Crippen LogP contribution in [0.25, 0.3) is 0 Å². The minimum atomic E-state index is -0.637. The lowest BCUT2D eigenvalue weighted by Crippen LogP contribution is -2.64. The fraction of sp³-hybridized carbons (Fsp3) is 0.464. The van der Waals surface area contributed by atoms with Gasteiger partial charge in [0.2, 0.25) is 0 Å². The Balaban J connectivity index is 1.43. The number of piperidine rings is 1. The molecule has 0 spiro atoms. The quantitative estimate of drug-likeness (QED) is 0.647. The SMILES string of the molecule is Cc1ccc(C(=O)N2CCC(c3ccc(F)cc3)CC2)cc1N(C(N)=O)C1CN(C(=O)OC(C)(C)C)C1. The lowest BCUT2D eigenvalue weighted by molar-refractivity contribution is 0.00867. The second kappa shape index (κ2) is 10.4. The van der Waals surface area contributed by atoms with E-state index in [0.29, 0.717) is 37.4 Å². The molecule has 198 valence electrons. The second-order valence-electron chi connectivity index (χ2n) is 10.9. The standard InChI is InChI=1S/C28H35FN4O4/c1-18-5-6-21(25(34)31-13-11-20(12-14-31)19-7-9-22(29)10-8-19)15-24(18)33(26(30)35)23-16-32(17-23)27(36)37-28(2,3)4/h5-10,15,20,23H,11-14,16-17H2,1-4H3,(H2,30,35). The number of urea groups is 1. The molecule has 0 radical (unpaired) electrons. The predicted octanol–water partition coefficient (Wildman–Crippen LogP) is 4.66. The molecule has 2 heterocycles. The molecule has 2 aromatic rings. The van der Waals surface area contributed by atoms with Crippen molar-refractivity contribution in [3.05, 3.63) is 65.0 Å². The van der Waals surface area contributed by atoms with E-state index in [1.165, 1.54) is 21.9 Å². The van der Waals surface area contributed by atoms with Gasteiger partial charge in [-0.1, -0.05) is 18.2 Å². The highest BCUT2D eigenvalue weighted by Crippen LogP contribution is 2.31. The number of benzene rings is 2. The van der Waals surface area contributed by atoms with Crippen LogP contribution in [-0.4, -0.2) is 65.7 Å². The van der Waals surface area contributed by atoms with Gasteiger partial charge in [0, 0.05) is 37.4 Å². The van der Waals surface area contributed by atoms with Gasteiger partial charge in [-0.05, 0) is 81.8 Å². The van der Waals surface area contributed by atoms with E-state index in [4.69, 9.17) is 10.5 Å². The van der Waals surface area contributed by atoms with E-state index in [1.807, 2.05) is 30.0 Å². The first-order chi connectivity index (χ1) is 17.4. The van der Waals surface area contributed by atoms with Crippen LogP contribution in [0.5, 0.6) is 0 Å². The second-order valence-corrected chi connectivity index (χ2v) is 10.9. The summed E-state index contributed by atoms with van der Waals surface area (Å²) < 4.78 is 18.7. The van der Waals surface area contributed by atoms with Crippen LogP contribution < -0.4 is 10.6 Å². The number of hydrogen-bond acceptors (Lipinski definition) is 4. The molecular weight excluding hydrogens is 475 g/mol. The summed E-state index contributed by atoms with van der Waals surface area (Å²) in [5.41, 5.74) is 8.09. The molecule has 2 aliphatic heterocycles. The van der Waals surface area contributed by atoms with E-state index in [2.05, 4.69) is 0 Å². The van der Waals surface area contributed by atoms with Crippen molar-refractivity contribution in [2.75, 3.05) is 31.1 Å². The Morgan fingerprint density at radius 3 is 2.19 bits per heavy atom. The van der Waals surface area contributed by atoms with Crippen molar-refractivity contribution in [3.8, 4) is 0 Å². The summed E-state index contributed by atoms with van der Waals surface area (Å²) in [4.78, 5) is 42.9. The summed E-state index contributed by atoms with van der Waals surface area (Å²) in [6.07, 6.45) is 1.16. The summed E-state index contributed by atoms with van der Waals surface area (Å²) >= 11 is 0. The van der Waals surface area contributed by atoms with Crippen LogP contribution in [0.1, 0.15) is 61.0 Å². The number of likely N-dealkylation sites (tertiary alicyclic amines) is 2. The number of carbonyl (C=O) groups excluding carboxylic acids is 3. The maximum absolute atomic E-state index is 13.3. The fourth-order valence-corrected chi connectivity index (χ4v) is 4.92. The molecule has 2 aliphatic rings. The van der Waals surface area contributed by atoms with Crippen LogP contribution >= 0.6 is 0 Å². The van der Waals surface area contributed by atoms with Gasteiger partial charge in [-0.25, -0.2) is 14.0 Å². The van der Waals surface area contributed by atoms with Crippen molar-refractivity contribution in [3.63, 3.8) is 0 Å². The maximum atomic E-state index is 13.3. The Morgan fingerprint density at radius 1 is 1.00 bits per heavy atom. The topological polar surface area (TPSA) is 96.2 Å². The highest BCUT2D eigenvalue weighted by molar-refractivity contribution is 5.98. The van der Waals surface area contributed by atoms with Crippen molar-refractivity contribution in [1.29, 1.82) is 0 Å². The zero-order valence-corrected chi connectivity index (χ0v) is 21.9. The molecular formula is C28H35FN4O4. The van der Waals surface area contributed by atoms with Gasteiger partial charge in [0.25, 0.3) is 5.91 Å². The normalized spacial score (nSPS) is 16.8. The van der Waals surface area contributed by atoms with E-state index < -0.39 is 17.7 Å². The van der Waals surface area contributed by atoms with Gasteiger partial charge in [-0.3, -0.25) is 9.69 Å². The number of rotatable bonds is 4. The van der Waals surface area contributed by atoms with Crippen molar-refractivity contribution in [2.45, 2.75) is 58.1 Å². The predicted molar refractivity (Wildman–Crippen MR) is 139 cm³/mol. The number of hydrogen-bond donors (Lipinski definition) is 1. The zero-order chi connectivity index (χ0) is 26.9. The number of halogens is 1. The molecule has 0 atom stereocenters. The Bertz CT molecular complexity index is 1160. The number of carbonyl (C=O) groups is 3. The Kier molecular flexibility index (Phi) is 7.43. The van der Waals surface area contributed by atoms with Gasteiger partial charge in [0.05, 0.1) is 6.04 Å². The van der Waals surface area contributed by atoms with Crippen LogP contribution in [0.2, 0.25) is 0 Å². The fourth-order valence-electron chi connectivity index (χ4n) is 4.92. The summed E-state index contributed by atoms with van der Waals surface area (Å²) in [5.74, 6) is -0.0710. The molecule has 0 unspecified atom stereocenters. The number of nitrogens with zero attached hydrogens (tertiary/aromatic N) is 3. The lowest BCUT2D eigenvalue weighted by atomic mass is 9.89. The number of nitrogens with two attached hydrogens (primary N) is 1. The number of anilines is 1. The van der Waals surface area contributed by atoms with Crippen molar-refractivity contribution in [2.24, 2.45) is 5.73 Å². The zero-order valence-electron chi connectivity index (χ0n) is 21.9. The Morgan fingerprint density at radius 2 is 1.62 bits per heavy atom. The van der Waals surface area contributed by atoms with E-state index in [9.17, 15) is 18.8 Å². The van der Waals surface area contributed by atoms with Crippen LogP contribution in [0.15, 0.2) is 42.5 Å². The van der Waals surface area contributed by atoms with Crippen LogP contribution in [0, 0.1) is 12.7 Å². The third-order valence-corrected chi connectivity index (χ3v) is 6.96. The minimum Gasteiger partial charge on any atom is -0.444 e. The number of aryl methyl sites for hydroxylation is 1. The van der Waals surface area contributed by atoms with Crippen LogP contribution in [-0.2, 0) is 4.74 Å². The lowest BCUT2D eigenvalue weighted by Gasteiger charge is -2.45. The van der Waals surface area contributed by atoms with Crippen molar-refractivity contribution < 1.29 is 23.5 Å². The first-order valence-electron chi connectivity index (χ1n) is 12.6. The number of primary amides is 1. The van der Waals surface area contributed by atoms with Crippen molar-refractivity contribution in [1.82, 2.24) is 9.80 Å². The molecule has 4 amide bonds. The van der Waals surface area contributed by atoms with E-state index in [0.717, 1.165) is 24.0 Å². The highest BCUT2D eigenvalue weighted by atomic mass is 19.1. The number of ether oxygens (including phenoxy) is 1. The first-order valence-corrected chi connectivity index (χ1v) is 12.6. The van der Waals surface area contributed by atoms with Crippen LogP contribution in [0.4, 0.5) is 19.7 Å².